The summed E-state index contributed by atoms with van der Waals surface area (Å²) in [4.78, 5) is 4.90. The average Bonchev–Trinajstić information content (AvgIpc) is 2.73. The molecule has 2 atom stereocenters. The van der Waals surface area contributed by atoms with Gasteiger partial charge in [-0.25, -0.2) is 4.98 Å². The molecule has 0 radical (unpaired) electrons. The first-order valence-electron chi connectivity index (χ1n) is 10.1. The van der Waals surface area contributed by atoms with Gasteiger partial charge >= 0.3 is 0 Å². The molecule has 4 rings (SSSR count). The van der Waals surface area contributed by atoms with Gasteiger partial charge in [-0.1, -0.05) is 24.3 Å². The standard InChI is InChI=1S/C23H27NO5/c1-16-14-28-20-7-3-5-18-13-19-6-4-8-21(23(19)24-22(18)20)29-15-17(2)27-12-10-25-9-11-26-16/h3-8,13,16-17H,9-12,14-15H2,1-2H3/t16-,17-/m0/s1. The van der Waals surface area contributed by atoms with Crippen LogP contribution in [0, 0.1) is 0 Å². The Morgan fingerprint density at radius 2 is 1.24 bits per heavy atom. The molecule has 2 bridgehead atoms. The molecule has 154 valence electrons. The van der Waals surface area contributed by atoms with Crippen molar-refractivity contribution in [1.29, 1.82) is 0 Å². The first-order valence-corrected chi connectivity index (χ1v) is 10.1. The summed E-state index contributed by atoms with van der Waals surface area (Å²) < 4.78 is 29.2. The average molecular weight is 397 g/mol. The number of benzene rings is 2. The summed E-state index contributed by atoms with van der Waals surface area (Å²) in [6, 6.07) is 14.0. The molecular formula is C23H27NO5. The van der Waals surface area contributed by atoms with Crippen molar-refractivity contribution in [3.8, 4) is 11.5 Å². The van der Waals surface area contributed by atoms with E-state index < -0.39 is 0 Å². The normalized spacial score (nSPS) is 22.1. The zero-order valence-electron chi connectivity index (χ0n) is 16.9. The van der Waals surface area contributed by atoms with Crippen molar-refractivity contribution in [2.45, 2.75) is 26.1 Å². The van der Waals surface area contributed by atoms with E-state index in [0.717, 1.165) is 33.3 Å². The lowest BCUT2D eigenvalue weighted by atomic mass is 10.1. The second-order valence-corrected chi connectivity index (χ2v) is 7.24. The Labute approximate surface area is 170 Å². The van der Waals surface area contributed by atoms with Crippen LogP contribution < -0.4 is 9.47 Å². The second-order valence-electron chi connectivity index (χ2n) is 7.24. The molecule has 0 aliphatic carbocycles. The van der Waals surface area contributed by atoms with E-state index in [-0.39, 0.29) is 12.2 Å². The Balaban J connectivity index is 1.69. The SMILES string of the molecule is C[C@H]1COc2cccc3cc4cccc(c4nc23)OC[C@H](C)OCCOCCO1. The fourth-order valence-corrected chi connectivity index (χ4v) is 3.29. The molecule has 0 amide bonds. The van der Waals surface area contributed by atoms with Crippen LogP contribution in [0.1, 0.15) is 13.8 Å². The quantitative estimate of drug-likeness (QED) is 0.535. The van der Waals surface area contributed by atoms with Crippen LogP contribution in [0.5, 0.6) is 11.5 Å². The second kappa shape index (κ2) is 9.39. The van der Waals surface area contributed by atoms with Crippen LogP contribution in [0.25, 0.3) is 21.8 Å². The minimum absolute atomic E-state index is 0.0524. The van der Waals surface area contributed by atoms with Crippen LogP contribution in [0.4, 0.5) is 0 Å². The molecule has 1 aromatic heterocycles. The maximum Gasteiger partial charge on any atom is 0.145 e. The zero-order valence-corrected chi connectivity index (χ0v) is 16.9. The molecule has 29 heavy (non-hydrogen) atoms. The van der Waals surface area contributed by atoms with E-state index >= 15 is 0 Å². The molecule has 0 unspecified atom stereocenters. The van der Waals surface area contributed by atoms with E-state index in [1.807, 2.05) is 50.2 Å². The highest BCUT2D eigenvalue weighted by molar-refractivity contribution is 5.97. The predicted octanol–water partition coefficient (Wildman–Crippen LogP) is 3.99. The number of nitrogens with zero attached hydrogens (tertiary/aromatic N) is 1. The lowest BCUT2D eigenvalue weighted by Crippen LogP contribution is -2.22. The molecule has 3 aromatic rings. The molecule has 0 spiro atoms. The third kappa shape index (κ3) is 4.96. The summed E-state index contributed by atoms with van der Waals surface area (Å²) in [6.45, 7) is 6.96. The van der Waals surface area contributed by atoms with E-state index in [1.165, 1.54) is 0 Å². The topological polar surface area (TPSA) is 59.0 Å². The molecule has 6 nitrogen and oxygen atoms in total. The number of hydrogen-bond acceptors (Lipinski definition) is 6. The van der Waals surface area contributed by atoms with Crippen molar-refractivity contribution in [2.24, 2.45) is 0 Å². The molecule has 2 heterocycles. The highest BCUT2D eigenvalue weighted by atomic mass is 16.6. The largest absolute Gasteiger partial charge is 0.489 e. The monoisotopic (exact) mass is 397 g/mol. The smallest absolute Gasteiger partial charge is 0.145 e. The van der Waals surface area contributed by atoms with Crippen molar-refractivity contribution in [3.63, 3.8) is 0 Å². The number of aromatic nitrogens is 1. The number of ether oxygens (including phenoxy) is 5. The molecule has 1 aliphatic heterocycles. The van der Waals surface area contributed by atoms with Gasteiger partial charge in [0.2, 0.25) is 0 Å². The van der Waals surface area contributed by atoms with Crippen molar-refractivity contribution in [1.82, 2.24) is 4.98 Å². The van der Waals surface area contributed by atoms with E-state index in [0.29, 0.717) is 39.6 Å². The predicted molar refractivity (Wildman–Crippen MR) is 112 cm³/mol. The maximum atomic E-state index is 6.05. The molecule has 1 aliphatic rings. The molecule has 6 heteroatoms. The van der Waals surface area contributed by atoms with E-state index in [4.69, 9.17) is 28.7 Å². The Kier molecular flexibility index (Phi) is 6.44. The van der Waals surface area contributed by atoms with Crippen LogP contribution in [-0.2, 0) is 14.2 Å². The molecule has 0 fully saturated rings. The molecular weight excluding hydrogens is 370 g/mol. The van der Waals surface area contributed by atoms with E-state index in [2.05, 4.69) is 6.07 Å². The minimum Gasteiger partial charge on any atom is -0.489 e. The van der Waals surface area contributed by atoms with Gasteiger partial charge in [0.1, 0.15) is 35.7 Å². The van der Waals surface area contributed by atoms with Crippen molar-refractivity contribution < 1.29 is 23.7 Å². The molecule has 0 saturated heterocycles. The van der Waals surface area contributed by atoms with Gasteiger partial charge in [0.15, 0.2) is 0 Å². The summed E-state index contributed by atoms with van der Waals surface area (Å²) >= 11 is 0. The first-order chi connectivity index (χ1) is 14.2. The van der Waals surface area contributed by atoms with Crippen molar-refractivity contribution >= 4 is 21.8 Å². The molecule has 2 aromatic carbocycles. The Morgan fingerprint density at radius 3 is 1.76 bits per heavy atom. The van der Waals surface area contributed by atoms with Gasteiger partial charge in [-0.3, -0.25) is 0 Å². The maximum absolute atomic E-state index is 6.05. The summed E-state index contributed by atoms with van der Waals surface area (Å²) in [7, 11) is 0. The van der Waals surface area contributed by atoms with Crippen LogP contribution in [0.3, 0.4) is 0 Å². The van der Waals surface area contributed by atoms with E-state index in [1.54, 1.807) is 0 Å². The van der Waals surface area contributed by atoms with Crippen LogP contribution in [0.2, 0.25) is 0 Å². The third-order valence-corrected chi connectivity index (χ3v) is 4.80. The van der Waals surface area contributed by atoms with Crippen molar-refractivity contribution in [2.75, 3.05) is 39.6 Å². The highest BCUT2D eigenvalue weighted by Crippen LogP contribution is 2.31. The summed E-state index contributed by atoms with van der Waals surface area (Å²) in [5.74, 6) is 1.48. The van der Waals surface area contributed by atoms with E-state index in [9.17, 15) is 0 Å². The van der Waals surface area contributed by atoms with Gasteiger partial charge < -0.3 is 23.7 Å². The lowest BCUT2D eigenvalue weighted by molar-refractivity contribution is -0.0333. The first kappa shape index (κ1) is 19.9. The van der Waals surface area contributed by atoms with Gasteiger partial charge in [0, 0.05) is 10.8 Å². The summed E-state index contributed by atoms with van der Waals surface area (Å²) in [5, 5.41) is 2.06. The zero-order chi connectivity index (χ0) is 20.1. The third-order valence-electron chi connectivity index (χ3n) is 4.80. The Hall–Kier alpha value is -2.41. The number of rotatable bonds is 0. The highest BCUT2D eigenvalue weighted by Gasteiger charge is 2.12. The number of pyridine rings is 1. The van der Waals surface area contributed by atoms with Crippen LogP contribution >= 0.6 is 0 Å². The van der Waals surface area contributed by atoms with Crippen molar-refractivity contribution in [3.05, 3.63) is 42.5 Å². The Bertz CT molecular complexity index is 888. The summed E-state index contributed by atoms with van der Waals surface area (Å²) in [5.41, 5.74) is 1.63. The van der Waals surface area contributed by atoms with Gasteiger partial charge in [-0.05, 0) is 32.0 Å². The number of para-hydroxylation sites is 2. The minimum atomic E-state index is -0.0524. The van der Waals surface area contributed by atoms with Gasteiger partial charge in [-0.2, -0.15) is 0 Å². The fourth-order valence-electron chi connectivity index (χ4n) is 3.29. The van der Waals surface area contributed by atoms with Gasteiger partial charge in [0.05, 0.1) is 38.6 Å². The van der Waals surface area contributed by atoms with Crippen LogP contribution in [0.15, 0.2) is 42.5 Å². The molecule has 0 saturated carbocycles. The van der Waals surface area contributed by atoms with Gasteiger partial charge in [-0.15, -0.1) is 0 Å². The van der Waals surface area contributed by atoms with Crippen LogP contribution in [-0.4, -0.2) is 56.8 Å². The molecule has 0 N–H and O–H groups in total. The fraction of sp³-hybridized carbons (Fsp3) is 0.435. The van der Waals surface area contributed by atoms with Gasteiger partial charge in [0.25, 0.3) is 0 Å². The Morgan fingerprint density at radius 1 is 0.724 bits per heavy atom. The summed E-state index contributed by atoms with van der Waals surface area (Å²) in [6.07, 6.45) is -0.105. The lowest BCUT2D eigenvalue weighted by Gasteiger charge is -2.18. The number of hydrogen-bond donors (Lipinski definition) is 0.